The summed E-state index contributed by atoms with van der Waals surface area (Å²) in [5.41, 5.74) is 3.43. The minimum atomic E-state index is 0.0408. The molecular weight excluding hydrogens is 357 g/mol. The zero-order valence-electron chi connectivity index (χ0n) is 11.4. The van der Waals surface area contributed by atoms with Crippen LogP contribution in [0.3, 0.4) is 0 Å². The number of nitrogens with one attached hydrogen (secondary N) is 1. The lowest BCUT2D eigenvalue weighted by atomic mass is 9.97. The molecule has 0 saturated carbocycles. The van der Waals surface area contributed by atoms with E-state index in [-0.39, 0.29) is 6.04 Å². The van der Waals surface area contributed by atoms with E-state index >= 15 is 0 Å². The molecule has 1 atom stereocenters. The summed E-state index contributed by atoms with van der Waals surface area (Å²) in [5, 5.41) is 4.81. The summed E-state index contributed by atoms with van der Waals surface area (Å²) >= 11 is 16.0. The second-order valence-corrected chi connectivity index (χ2v) is 6.38. The van der Waals surface area contributed by atoms with Gasteiger partial charge in [-0.1, -0.05) is 69.8 Å². The fourth-order valence-electron chi connectivity index (χ4n) is 2.21. The molecule has 4 heteroatoms. The van der Waals surface area contributed by atoms with Crippen LogP contribution in [0.2, 0.25) is 10.0 Å². The zero-order chi connectivity index (χ0) is 14.7. The molecule has 0 aliphatic heterocycles. The molecule has 20 heavy (non-hydrogen) atoms. The molecule has 0 fully saturated rings. The fraction of sp³-hybridized carbons (Fsp3) is 0.250. The summed E-state index contributed by atoms with van der Waals surface area (Å²) in [5.74, 6) is 0. The molecule has 0 radical (unpaired) electrons. The van der Waals surface area contributed by atoms with Crippen LogP contribution in [0.5, 0.6) is 0 Å². The summed E-state index contributed by atoms with van der Waals surface area (Å²) < 4.78 is 1.07. The Labute approximate surface area is 138 Å². The van der Waals surface area contributed by atoms with Crippen molar-refractivity contribution in [3.63, 3.8) is 0 Å². The van der Waals surface area contributed by atoms with Crippen LogP contribution in [0.4, 0.5) is 0 Å². The number of rotatable bonds is 4. The van der Waals surface area contributed by atoms with Crippen molar-refractivity contribution in [3.05, 3.63) is 67.6 Å². The van der Waals surface area contributed by atoms with Crippen molar-refractivity contribution in [2.75, 3.05) is 6.54 Å². The highest BCUT2D eigenvalue weighted by Gasteiger charge is 2.18. The van der Waals surface area contributed by atoms with Gasteiger partial charge in [-0.05, 0) is 42.8 Å². The van der Waals surface area contributed by atoms with Gasteiger partial charge in [0, 0.05) is 14.5 Å². The molecule has 1 unspecified atom stereocenters. The summed E-state index contributed by atoms with van der Waals surface area (Å²) in [7, 11) is 0. The maximum Gasteiger partial charge on any atom is 0.0602 e. The van der Waals surface area contributed by atoms with E-state index < -0.39 is 0 Å². The van der Waals surface area contributed by atoms with Gasteiger partial charge in [0.15, 0.2) is 0 Å². The highest BCUT2D eigenvalue weighted by atomic mass is 79.9. The van der Waals surface area contributed by atoms with Gasteiger partial charge in [-0.2, -0.15) is 0 Å². The van der Waals surface area contributed by atoms with Gasteiger partial charge < -0.3 is 5.32 Å². The predicted octanol–water partition coefficient (Wildman–Crippen LogP) is 5.76. The van der Waals surface area contributed by atoms with Crippen LogP contribution in [0.1, 0.15) is 29.7 Å². The van der Waals surface area contributed by atoms with E-state index in [2.05, 4.69) is 53.3 Å². The zero-order valence-corrected chi connectivity index (χ0v) is 14.5. The number of hydrogen-bond acceptors (Lipinski definition) is 1. The number of hydrogen-bond donors (Lipinski definition) is 1. The molecule has 2 aromatic rings. The third-order valence-corrected chi connectivity index (χ3v) is 4.43. The van der Waals surface area contributed by atoms with Crippen molar-refractivity contribution in [1.82, 2.24) is 5.32 Å². The smallest absolute Gasteiger partial charge is 0.0602 e. The molecule has 0 aliphatic carbocycles. The average Bonchev–Trinajstić information content (AvgIpc) is 2.40. The van der Waals surface area contributed by atoms with E-state index in [9.17, 15) is 0 Å². The standard InChI is InChI=1S/C16H16BrCl2N/c1-3-20-16(12-6-5-11(18)9-15(12)19)13-8-10(2)4-7-14(13)17/h4-9,16,20H,3H2,1-2H3. The first-order valence-corrected chi connectivity index (χ1v) is 8.02. The minimum Gasteiger partial charge on any atom is -0.306 e. The van der Waals surface area contributed by atoms with Crippen LogP contribution in [0, 0.1) is 6.92 Å². The quantitative estimate of drug-likeness (QED) is 0.718. The topological polar surface area (TPSA) is 12.0 Å². The molecule has 1 N–H and O–H groups in total. The van der Waals surface area contributed by atoms with Crippen molar-refractivity contribution >= 4 is 39.1 Å². The highest BCUT2D eigenvalue weighted by Crippen LogP contribution is 2.34. The summed E-state index contributed by atoms with van der Waals surface area (Å²) in [6.45, 7) is 5.02. The molecular formula is C16H16BrCl2N. The predicted molar refractivity (Wildman–Crippen MR) is 90.9 cm³/mol. The van der Waals surface area contributed by atoms with Crippen LogP contribution in [0.15, 0.2) is 40.9 Å². The van der Waals surface area contributed by atoms with E-state index in [1.807, 2.05) is 12.1 Å². The average molecular weight is 373 g/mol. The largest absolute Gasteiger partial charge is 0.306 e. The molecule has 0 heterocycles. The SMILES string of the molecule is CCNC(c1ccc(Cl)cc1Cl)c1cc(C)ccc1Br. The molecule has 0 saturated heterocycles. The molecule has 106 valence electrons. The van der Waals surface area contributed by atoms with Crippen molar-refractivity contribution in [2.45, 2.75) is 19.9 Å². The van der Waals surface area contributed by atoms with Crippen molar-refractivity contribution < 1.29 is 0 Å². The molecule has 1 nitrogen and oxygen atoms in total. The highest BCUT2D eigenvalue weighted by molar-refractivity contribution is 9.10. The Kier molecular flexibility index (Phi) is 5.50. The minimum absolute atomic E-state index is 0.0408. The van der Waals surface area contributed by atoms with Crippen LogP contribution in [-0.2, 0) is 0 Å². The number of aryl methyl sites for hydroxylation is 1. The third-order valence-electron chi connectivity index (χ3n) is 3.14. The van der Waals surface area contributed by atoms with Gasteiger partial charge in [-0.25, -0.2) is 0 Å². The van der Waals surface area contributed by atoms with Crippen molar-refractivity contribution in [3.8, 4) is 0 Å². The van der Waals surface area contributed by atoms with E-state index in [4.69, 9.17) is 23.2 Å². The first-order valence-electron chi connectivity index (χ1n) is 6.47. The fourth-order valence-corrected chi connectivity index (χ4v) is 3.20. The molecule has 0 spiro atoms. The molecule has 0 bridgehead atoms. The maximum absolute atomic E-state index is 6.36. The number of benzene rings is 2. The monoisotopic (exact) mass is 371 g/mol. The molecule has 0 amide bonds. The Morgan fingerprint density at radius 2 is 1.85 bits per heavy atom. The second-order valence-electron chi connectivity index (χ2n) is 4.68. The van der Waals surface area contributed by atoms with Crippen LogP contribution in [-0.4, -0.2) is 6.54 Å². The van der Waals surface area contributed by atoms with E-state index in [1.165, 1.54) is 11.1 Å². The van der Waals surface area contributed by atoms with Crippen LogP contribution in [0.25, 0.3) is 0 Å². The van der Waals surface area contributed by atoms with Crippen molar-refractivity contribution in [1.29, 1.82) is 0 Å². The van der Waals surface area contributed by atoms with Gasteiger partial charge in [0.2, 0.25) is 0 Å². The summed E-state index contributed by atoms with van der Waals surface area (Å²) in [4.78, 5) is 0. The Morgan fingerprint density at radius 1 is 1.10 bits per heavy atom. The Bertz CT molecular complexity index is 613. The summed E-state index contributed by atoms with van der Waals surface area (Å²) in [6.07, 6.45) is 0. The molecule has 0 aromatic heterocycles. The van der Waals surface area contributed by atoms with Crippen LogP contribution >= 0.6 is 39.1 Å². The molecule has 2 aromatic carbocycles. The first-order chi connectivity index (χ1) is 9.52. The van der Waals surface area contributed by atoms with Gasteiger partial charge in [0.1, 0.15) is 0 Å². The summed E-state index contributed by atoms with van der Waals surface area (Å²) in [6, 6.07) is 12.0. The van der Waals surface area contributed by atoms with E-state index in [1.54, 1.807) is 6.07 Å². The first kappa shape index (κ1) is 15.8. The van der Waals surface area contributed by atoms with Gasteiger partial charge in [0.25, 0.3) is 0 Å². The van der Waals surface area contributed by atoms with Crippen molar-refractivity contribution in [2.24, 2.45) is 0 Å². The van der Waals surface area contributed by atoms with Gasteiger partial charge in [-0.3, -0.25) is 0 Å². The van der Waals surface area contributed by atoms with Gasteiger partial charge >= 0.3 is 0 Å². The van der Waals surface area contributed by atoms with E-state index in [0.717, 1.165) is 16.6 Å². The normalized spacial score (nSPS) is 12.4. The lowest BCUT2D eigenvalue weighted by Gasteiger charge is -2.22. The Balaban J connectivity index is 2.53. The van der Waals surface area contributed by atoms with E-state index in [0.29, 0.717) is 10.0 Å². The Hall–Kier alpha value is -0.540. The van der Waals surface area contributed by atoms with Gasteiger partial charge in [-0.15, -0.1) is 0 Å². The number of halogens is 3. The molecule has 0 aliphatic rings. The lowest BCUT2D eigenvalue weighted by molar-refractivity contribution is 0.628. The second kappa shape index (κ2) is 6.95. The third kappa shape index (κ3) is 3.56. The lowest BCUT2D eigenvalue weighted by Crippen LogP contribution is -2.22. The molecule has 2 rings (SSSR count). The van der Waals surface area contributed by atoms with Gasteiger partial charge in [0.05, 0.1) is 6.04 Å². The Morgan fingerprint density at radius 3 is 2.50 bits per heavy atom. The maximum atomic E-state index is 6.36. The van der Waals surface area contributed by atoms with Crippen LogP contribution < -0.4 is 5.32 Å².